The second kappa shape index (κ2) is 9.15. The summed E-state index contributed by atoms with van der Waals surface area (Å²) in [6, 6.07) is 6.65. The van der Waals surface area contributed by atoms with Gasteiger partial charge in [-0.1, -0.05) is 35.3 Å². The number of rotatable bonds is 5. The van der Waals surface area contributed by atoms with Crippen molar-refractivity contribution in [3.05, 3.63) is 51.3 Å². The third-order valence-corrected chi connectivity index (χ3v) is 5.71. The number of aromatic nitrogens is 2. The van der Waals surface area contributed by atoms with E-state index in [1.165, 1.54) is 4.68 Å². The summed E-state index contributed by atoms with van der Waals surface area (Å²) in [5, 5.41) is 5.16. The number of amides is 1. The van der Waals surface area contributed by atoms with Gasteiger partial charge in [0, 0.05) is 38.2 Å². The lowest BCUT2D eigenvalue weighted by atomic mass is 10.0. The average molecular weight is 439 g/mol. The lowest BCUT2D eigenvalue weighted by Gasteiger charge is -2.38. The van der Waals surface area contributed by atoms with Gasteiger partial charge in [0.1, 0.15) is 11.2 Å². The zero-order chi connectivity index (χ0) is 21.1. The lowest BCUT2D eigenvalue weighted by molar-refractivity contribution is -0.150. The van der Waals surface area contributed by atoms with Crippen LogP contribution in [0, 0.1) is 6.92 Å². The summed E-state index contributed by atoms with van der Waals surface area (Å²) in [6.07, 6.45) is 0. The summed E-state index contributed by atoms with van der Waals surface area (Å²) in [5.41, 5.74) is 1.86. The predicted octanol–water partition coefficient (Wildman–Crippen LogP) is 3.10. The highest BCUT2D eigenvalue weighted by Gasteiger charge is 2.34. The molecular weight excluding hydrogens is 415 g/mol. The third kappa shape index (κ3) is 4.57. The normalized spacial score (nSPS) is 16.0. The van der Waals surface area contributed by atoms with Crippen molar-refractivity contribution in [1.82, 2.24) is 19.6 Å². The number of carbonyl (C=O) groups excluding carboxylic acids is 2. The number of ether oxygens (including phenoxy) is 1. The van der Waals surface area contributed by atoms with Gasteiger partial charge in [-0.25, -0.2) is 4.79 Å². The zero-order valence-corrected chi connectivity index (χ0v) is 18.2. The van der Waals surface area contributed by atoms with Gasteiger partial charge in [0.15, 0.2) is 0 Å². The van der Waals surface area contributed by atoms with Gasteiger partial charge in [-0.3, -0.25) is 14.4 Å². The van der Waals surface area contributed by atoms with E-state index in [2.05, 4.69) is 5.10 Å². The van der Waals surface area contributed by atoms with E-state index in [0.29, 0.717) is 54.2 Å². The lowest BCUT2D eigenvalue weighted by Crippen LogP contribution is -2.51. The quantitative estimate of drug-likeness (QED) is 0.670. The molecule has 1 amide bonds. The van der Waals surface area contributed by atoms with Gasteiger partial charge in [0.2, 0.25) is 0 Å². The van der Waals surface area contributed by atoms with E-state index < -0.39 is 6.04 Å². The van der Waals surface area contributed by atoms with Gasteiger partial charge >= 0.3 is 5.97 Å². The van der Waals surface area contributed by atoms with Crippen LogP contribution in [-0.2, 0) is 16.6 Å². The topological polar surface area (TPSA) is 67.7 Å². The molecule has 0 aliphatic carbocycles. The third-order valence-electron chi connectivity index (χ3n) is 5.03. The minimum Gasteiger partial charge on any atom is -0.465 e. The van der Waals surface area contributed by atoms with E-state index in [1.54, 1.807) is 37.9 Å². The summed E-state index contributed by atoms with van der Waals surface area (Å²) in [4.78, 5) is 29.4. The molecule has 1 aliphatic rings. The Morgan fingerprint density at radius 1 is 1.14 bits per heavy atom. The summed E-state index contributed by atoms with van der Waals surface area (Å²) < 4.78 is 6.79. The van der Waals surface area contributed by atoms with Crippen molar-refractivity contribution in [2.75, 3.05) is 32.8 Å². The van der Waals surface area contributed by atoms with Crippen LogP contribution in [0.5, 0.6) is 0 Å². The highest BCUT2D eigenvalue weighted by atomic mass is 35.5. The summed E-state index contributed by atoms with van der Waals surface area (Å²) in [5.74, 6) is -0.444. The van der Waals surface area contributed by atoms with Crippen molar-refractivity contribution in [3.8, 4) is 0 Å². The molecule has 0 saturated carbocycles. The largest absolute Gasteiger partial charge is 0.465 e. The second-order valence-electron chi connectivity index (χ2n) is 6.91. The monoisotopic (exact) mass is 438 g/mol. The van der Waals surface area contributed by atoms with Crippen LogP contribution >= 0.6 is 23.2 Å². The number of nitrogens with zero attached hydrogens (tertiary/aromatic N) is 4. The maximum atomic E-state index is 12.9. The van der Waals surface area contributed by atoms with Crippen molar-refractivity contribution in [3.63, 3.8) is 0 Å². The fourth-order valence-corrected chi connectivity index (χ4v) is 3.96. The van der Waals surface area contributed by atoms with Crippen molar-refractivity contribution in [2.45, 2.75) is 19.9 Å². The number of carbonyl (C=O) groups is 2. The Labute approximate surface area is 180 Å². The molecule has 0 spiro atoms. The first-order valence-corrected chi connectivity index (χ1v) is 10.2. The Kier molecular flexibility index (Phi) is 6.82. The first-order chi connectivity index (χ1) is 13.8. The summed E-state index contributed by atoms with van der Waals surface area (Å²) in [6.45, 7) is 5.89. The fraction of sp³-hybridized carbons (Fsp3) is 0.450. The highest BCUT2D eigenvalue weighted by Crippen LogP contribution is 2.27. The van der Waals surface area contributed by atoms with Crippen LogP contribution in [0.3, 0.4) is 0 Å². The zero-order valence-electron chi connectivity index (χ0n) is 16.7. The van der Waals surface area contributed by atoms with E-state index in [4.69, 9.17) is 27.9 Å². The molecule has 2 heterocycles. The predicted molar refractivity (Wildman–Crippen MR) is 111 cm³/mol. The molecule has 1 aliphatic heterocycles. The Bertz CT molecular complexity index is 890. The Morgan fingerprint density at radius 2 is 1.76 bits per heavy atom. The Hall–Kier alpha value is -2.09. The number of benzene rings is 1. The minimum atomic E-state index is -0.534. The van der Waals surface area contributed by atoms with E-state index in [0.717, 1.165) is 5.56 Å². The molecule has 3 rings (SSSR count). The Morgan fingerprint density at radius 3 is 2.28 bits per heavy atom. The number of piperazine rings is 1. The smallest absolute Gasteiger partial charge is 0.328 e. The molecule has 156 valence electrons. The van der Waals surface area contributed by atoms with Gasteiger partial charge in [-0.2, -0.15) is 5.10 Å². The van der Waals surface area contributed by atoms with Crippen molar-refractivity contribution < 1.29 is 14.3 Å². The van der Waals surface area contributed by atoms with Gasteiger partial charge < -0.3 is 9.64 Å². The van der Waals surface area contributed by atoms with Crippen LogP contribution in [0.2, 0.25) is 10.2 Å². The second-order valence-corrected chi connectivity index (χ2v) is 7.70. The maximum absolute atomic E-state index is 12.9. The molecule has 1 atom stereocenters. The van der Waals surface area contributed by atoms with Gasteiger partial charge in [0.25, 0.3) is 5.91 Å². The van der Waals surface area contributed by atoms with Gasteiger partial charge in [-0.15, -0.1) is 0 Å². The molecule has 9 heteroatoms. The molecule has 1 aromatic heterocycles. The van der Waals surface area contributed by atoms with E-state index >= 15 is 0 Å². The molecule has 0 bridgehead atoms. The van der Waals surface area contributed by atoms with Gasteiger partial charge in [-0.05, 0) is 31.5 Å². The standard InChI is InChI=1S/C20H24Cl2N4O3/c1-4-29-20(28)17(14-5-7-15(21)8-6-14)25-9-11-26(12-10-25)19(27)16-13(2)23-24(3)18(16)22/h5-8,17H,4,9-12H2,1-3H3. The van der Waals surface area contributed by atoms with E-state index in [1.807, 2.05) is 17.0 Å². The number of aryl methyl sites for hydroxylation is 2. The van der Waals surface area contributed by atoms with Crippen LogP contribution in [0.15, 0.2) is 24.3 Å². The van der Waals surface area contributed by atoms with Crippen molar-refractivity contribution in [2.24, 2.45) is 7.05 Å². The first-order valence-electron chi connectivity index (χ1n) is 9.48. The minimum absolute atomic E-state index is 0.139. The Balaban J connectivity index is 1.75. The van der Waals surface area contributed by atoms with Crippen LogP contribution < -0.4 is 0 Å². The van der Waals surface area contributed by atoms with E-state index in [-0.39, 0.29) is 11.9 Å². The molecule has 29 heavy (non-hydrogen) atoms. The maximum Gasteiger partial charge on any atom is 0.328 e. The van der Waals surface area contributed by atoms with E-state index in [9.17, 15) is 9.59 Å². The number of hydrogen-bond acceptors (Lipinski definition) is 5. The van der Waals surface area contributed by atoms with Crippen LogP contribution in [-0.4, -0.2) is 64.2 Å². The molecule has 2 aromatic rings. The molecule has 0 N–H and O–H groups in total. The van der Waals surface area contributed by atoms with Crippen molar-refractivity contribution >= 4 is 35.1 Å². The average Bonchev–Trinajstić information content (AvgIpc) is 2.95. The fourth-order valence-electron chi connectivity index (χ4n) is 3.58. The SMILES string of the molecule is CCOC(=O)C(c1ccc(Cl)cc1)N1CCN(C(=O)c2c(C)nn(C)c2Cl)CC1. The van der Waals surface area contributed by atoms with Crippen LogP contribution in [0.25, 0.3) is 0 Å². The first kappa shape index (κ1) is 21.6. The summed E-state index contributed by atoms with van der Waals surface area (Å²) in [7, 11) is 1.71. The summed E-state index contributed by atoms with van der Waals surface area (Å²) >= 11 is 12.2. The number of hydrogen-bond donors (Lipinski definition) is 0. The number of halogens is 2. The van der Waals surface area contributed by atoms with Gasteiger partial charge in [0.05, 0.1) is 17.9 Å². The molecule has 1 fully saturated rings. The van der Waals surface area contributed by atoms with Crippen LogP contribution in [0.4, 0.5) is 0 Å². The van der Waals surface area contributed by atoms with Crippen LogP contribution in [0.1, 0.15) is 34.6 Å². The molecule has 1 unspecified atom stereocenters. The molecule has 1 saturated heterocycles. The number of esters is 1. The molecular formula is C20H24Cl2N4O3. The molecule has 7 nitrogen and oxygen atoms in total. The molecule has 0 radical (unpaired) electrons. The highest BCUT2D eigenvalue weighted by molar-refractivity contribution is 6.33. The molecule has 1 aromatic carbocycles. The van der Waals surface area contributed by atoms with Crippen molar-refractivity contribution in [1.29, 1.82) is 0 Å².